The van der Waals surface area contributed by atoms with Gasteiger partial charge in [0.2, 0.25) is 0 Å². The first kappa shape index (κ1) is 16.1. The number of nitrogens with one attached hydrogen (secondary N) is 1. The average molecular weight is 273 g/mol. The molecule has 0 saturated carbocycles. The molecule has 108 valence electrons. The monoisotopic (exact) mass is 273 g/mol. The van der Waals surface area contributed by atoms with Gasteiger partial charge in [-0.1, -0.05) is 12.7 Å². The Labute approximate surface area is 120 Å². The van der Waals surface area contributed by atoms with Crippen LogP contribution in [0.1, 0.15) is 19.8 Å². The van der Waals surface area contributed by atoms with Crippen molar-refractivity contribution in [3.63, 3.8) is 0 Å². The Bertz CT molecular complexity index is 472. The molecule has 1 fully saturated rings. The molecule has 3 N–H and O–H groups in total. The van der Waals surface area contributed by atoms with E-state index in [4.69, 9.17) is 5.73 Å². The Balaban J connectivity index is 2.73. The molecule has 0 amide bonds. The van der Waals surface area contributed by atoms with E-state index >= 15 is 0 Å². The number of nitrogens with two attached hydrogens (primary N) is 1. The second-order valence-corrected chi connectivity index (χ2v) is 4.59. The lowest BCUT2D eigenvalue weighted by Gasteiger charge is -2.21. The fourth-order valence-electron chi connectivity index (χ4n) is 1.99. The number of aliphatic imine (C=N–C) groups is 1. The van der Waals surface area contributed by atoms with Crippen LogP contribution < -0.4 is 11.1 Å². The van der Waals surface area contributed by atoms with Gasteiger partial charge in [0.1, 0.15) is 5.71 Å². The van der Waals surface area contributed by atoms with Crippen molar-refractivity contribution < 1.29 is 0 Å². The van der Waals surface area contributed by atoms with Crippen molar-refractivity contribution in [2.24, 2.45) is 26.8 Å². The summed E-state index contributed by atoms with van der Waals surface area (Å²) in [4.78, 5) is 4.08. The molecule has 5 heteroatoms. The zero-order valence-corrected chi connectivity index (χ0v) is 12.3. The van der Waals surface area contributed by atoms with Gasteiger partial charge in [0.15, 0.2) is 5.84 Å². The van der Waals surface area contributed by atoms with Crippen LogP contribution in [0.15, 0.2) is 45.7 Å². The predicted octanol–water partition coefficient (Wildman–Crippen LogP) is 1.69. The van der Waals surface area contributed by atoms with Gasteiger partial charge in [-0.05, 0) is 45.0 Å². The minimum atomic E-state index is 0.314. The van der Waals surface area contributed by atoms with E-state index in [9.17, 15) is 0 Å². The van der Waals surface area contributed by atoms with Crippen molar-refractivity contribution >= 4 is 17.3 Å². The Morgan fingerprint density at radius 1 is 1.35 bits per heavy atom. The second-order valence-electron chi connectivity index (χ2n) is 4.59. The highest BCUT2D eigenvalue weighted by molar-refractivity contribution is 6.45. The highest BCUT2D eigenvalue weighted by Gasteiger charge is 2.15. The van der Waals surface area contributed by atoms with E-state index in [0.29, 0.717) is 17.5 Å². The summed E-state index contributed by atoms with van der Waals surface area (Å²) in [5, 5.41) is 11.7. The number of hydrogen-bond acceptors (Lipinski definition) is 4. The van der Waals surface area contributed by atoms with Crippen molar-refractivity contribution in [2.45, 2.75) is 19.8 Å². The molecule has 1 saturated heterocycles. The van der Waals surface area contributed by atoms with Crippen molar-refractivity contribution in [3.8, 4) is 0 Å². The molecular weight excluding hydrogens is 250 g/mol. The normalized spacial score (nSPS) is 19.2. The van der Waals surface area contributed by atoms with Crippen molar-refractivity contribution in [2.75, 3.05) is 20.1 Å². The van der Waals surface area contributed by atoms with Crippen molar-refractivity contribution in [3.05, 3.63) is 30.5 Å². The fraction of sp³-hybridized carbons (Fsp3) is 0.467. The lowest BCUT2D eigenvalue weighted by molar-refractivity contribution is 0.455. The molecule has 1 aliphatic rings. The number of amidine groups is 1. The molecule has 5 nitrogen and oxygen atoms in total. The molecule has 0 spiro atoms. The molecule has 1 heterocycles. The zero-order chi connectivity index (χ0) is 14.8. The van der Waals surface area contributed by atoms with Gasteiger partial charge in [-0.3, -0.25) is 4.99 Å². The number of piperidine rings is 1. The van der Waals surface area contributed by atoms with Gasteiger partial charge in [0.25, 0.3) is 0 Å². The molecule has 0 aliphatic carbocycles. The molecule has 20 heavy (non-hydrogen) atoms. The summed E-state index contributed by atoms with van der Waals surface area (Å²) in [6.45, 7) is 7.56. The molecule has 0 radical (unpaired) electrons. The second kappa shape index (κ2) is 9.02. The lowest BCUT2D eigenvalue weighted by Crippen LogP contribution is -2.31. The molecule has 0 aromatic heterocycles. The van der Waals surface area contributed by atoms with Crippen LogP contribution in [0.2, 0.25) is 0 Å². The van der Waals surface area contributed by atoms with E-state index in [0.717, 1.165) is 31.6 Å². The Hall–Kier alpha value is -1.97. The SMILES string of the molecule is C=C=C/C=C\C(=NC)C(N)=N/N=C(/C)C1CCNCC1. The largest absolute Gasteiger partial charge is 0.380 e. The van der Waals surface area contributed by atoms with E-state index in [1.54, 1.807) is 25.3 Å². The van der Waals surface area contributed by atoms with E-state index in [1.807, 2.05) is 6.92 Å². The van der Waals surface area contributed by atoms with Gasteiger partial charge in [0.05, 0.1) is 0 Å². The van der Waals surface area contributed by atoms with Crippen LogP contribution in [0.25, 0.3) is 0 Å². The molecule has 1 aliphatic heterocycles. The smallest absolute Gasteiger partial charge is 0.171 e. The number of allylic oxidation sites excluding steroid dienone is 2. The minimum absolute atomic E-state index is 0.314. The molecule has 0 aromatic rings. The number of nitrogens with zero attached hydrogens (tertiary/aromatic N) is 3. The topological polar surface area (TPSA) is 75.1 Å². The molecule has 0 unspecified atom stereocenters. The first-order valence-electron chi connectivity index (χ1n) is 6.77. The highest BCUT2D eigenvalue weighted by atomic mass is 15.2. The van der Waals surface area contributed by atoms with Crippen LogP contribution in [0.5, 0.6) is 0 Å². The summed E-state index contributed by atoms with van der Waals surface area (Å²) >= 11 is 0. The van der Waals surface area contributed by atoms with Gasteiger partial charge < -0.3 is 11.1 Å². The standard InChI is InChI=1S/C15H23N5/c1-4-5-6-7-14(17-3)15(16)20-19-12(2)13-8-10-18-11-9-13/h5-7,13,18H,1,8-11H2,2-3H3,(H2,16,20)/b7-6-,17-14?,19-12-. The Morgan fingerprint density at radius 2 is 2.05 bits per heavy atom. The van der Waals surface area contributed by atoms with Crippen LogP contribution in [0.4, 0.5) is 0 Å². The predicted molar refractivity (Wildman–Crippen MR) is 86.5 cm³/mol. The summed E-state index contributed by atoms with van der Waals surface area (Å²) in [6, 6.07) is 0. The van der Waals surface area contributed by atoms with E-state index in [2.05, 4.69) is 32.8 Å². The van der Waals surface area contributed by atoms with Crippen LogP contribution in [-0.2, 0) is 0 Å². The molecule has 1 rings (SSSR count). The van der Waals surface area contributed by atoms with E-state index in [-0.39, 0.29) is 0 Å². The maximum atomic E-state index is 5.89. The molecule has 0 bridgehead atoms. The van der Waals surface area contributed by atoms with Crippen molar-refractivity contribution in [1.29, 1.82) is 0 Å². The summed E-state index contributed by atoms with van der Waals surface area (Å²) in [7, 11) is 1.67. The van der Waals surface area contributed by atoms with Crippen LogP contribution in [-0.4, -0.2) is 37.4 Å². The quantitative estimate of drug-likeness (QED) is 0.263. The Kier molecular flexibility index (Phi) is 7.25. The first-order valence-corrected chi connectivity index (χ1v) is 6.77. The van der Waals surface area contributed by atoms with Gasteiger partial charge in [-0.25, -0.2) is 0 Å². The highest BCUT2D eigenvalue weighted by Crippen LogP contribution is 2.13. The average Bonchev–Trinajstić information content (AvgIpc) is 2.50. The summed E-state index contributed by atoms with van der Waals surface area (Å²) in [6.07, 6.45) is 7.41. The Morgan fingerprint density at radius 3 is 2.65 bits per heavy atom. The summed E-state index contributed by atoms with van der Waals surface area (Å²) in [5.74, 6) is 0.809. The van der Waals surface area contributed by atoms with E-state index < -0.39 is 0 Å². The van der Waals surface area contributed by atoms with Crippen LogP contribution in [0, 0.1) is 5.92 Å². The van der Waals surface area contributed by atoms with Crippen LogP contribution in [0.3, 0.4) is 0 Å². The third-order valence-corrected chi connectivity index (χ3v) is 3.22. The summed E-state index contributed by atoms with van der Waals surface area (Å²) in [5.41, 5.74) is 10.2. The number of rotatable bonds is 5. The van der Waals surface area contributed by atoms with Gasteiger partial charge in [-0.2, -0.15) is 5.10 Å². The first-order chi connectivity index (χ1) is 9.69. The minimum Gasteiger partial charge on any atom is -0.380 e. The summed E-state index contributed by atoms with van der Waals surface area (Å²) < 4.78 is 0. The van der Waals surface area contributed by atoms with Gasteiger partial charge in [-0.15, -0.1) is 10.8 Å². The maximum Gasteiger partial charge on any atom is 0.171 e. The van der Waals surface area contributed by atoms with Crippen LogP contribution >= 0.6 is 0 Å². The third kappa shape index (κ3) is 5.34. The lowest BCUT2D eigenvalue weighted by atomic mass is 9.94. The molecule has 0 atom stereocenters. The van der Waals surface area contributed by atoms with E-state index in [1.165, 1.54) is 0 Å². The zero-order valence-electron chi connectivity index (χ0n) is 12.3. The van der Waals surface area contributed by atoms with Crippen molar-refractivity contribution in [1.82, 2.24) is 5.32 Å². The number of hydrogen-bond donors (Lipinski definition) is 2. The molecular formula is C15H23N5. The molecule has 0 aromatic carbocycles. The van der Waals surface area contributed by atoms with Gasteiger partial charge >= 0.3 is 0 Å². The third-order valence-electron chi connectivity index (χ3n) is 3.22. The maximum absolute atomic E-state index is 5.89. The fourth-order valence-corrected chi connectivity index (χ4v) is 1.99. The van der Waals surface area contributed by atoms with Gasteiger partial charge in [0, 0.05) is 18.7 Å².